The molecule has 1 aromatic rings. The van der Waals surface area contributed by atoms with Crippen molar-refractivity contribution in [1.82, 2.24) is 15.5 Å². The maximum atomic E-state index is 12.1. The summed E-state index contributed by atoms with van der Waals surface area (Å²) in [6.45, 7) is 6.46. The van der Waals surface area contributed by atoms with Gasteiger partial charge in [0.15, 0.2) is 0 Å². The van der Waals surface area contributed by atoms with E-state index in [4.69, 9.17) is 4.74 Å². The molecule has 6 heteroatoms. The number of aliphatic hydroxyl groups excluding tert-OH is 1. The molecule has 1 fully saturated rings. The third-order valence-electron chi connectivity index (χ3n) is 4.31. The summed E-state index contributed by atoms with van der Waals surface area (Å²) in [5.41, 5.74) is -0.564. The zero-order valence-electron chi connectivity index (χ0n) is 11.6. The average molecular weight is 267 g/mol. The molecular weight excluding hydrogens is 246 g/mol. The Morgan fingerprint density at radius 3 is 2.89 bits per heavy atom. The van der Waals surface area contributed by atoms with Gasteiger partial charge in [0, 0.05) is 24.6 Å². The molecule has 1 amide bonds. The van der Waals surface area contributed by atoms with Crippen LogP contribution in [0.25, 0.3) is 0 Å². The molecule has 1 aromatic heterocycles. The van der Waals surface area contributed by atoms with E-state index in [0.29, 0.717) is 18.7 Å². The monoisotopic (exact) mass is 267 g/mol. The molecule has 1 aliphatic rings. The minimum absolute atomic E-state index is 0.0479. The molecule has 3 N–H and O–H groups in total. The number of hydrogen-bond donors (Lipinski definition) is 3. The van der Waals surface area contributed by atoms with Gasteiger partial charge in [0.1, 0.15) is 5.69 Å². The quantitative estimate of drug-likeness (QED) is 0.733. The predicted molar refractivity (Wildman–Crippen MR) is 69.7 cm³/mol. The molecular formula is C13H21N3O3. The number of amides is 1. The summed E-state index contributed by atoms with van der Waals surface area (Å²) in [6.07, 6.45) is 2.19. The van der Waals surface area contributed by atoms with Gasteiger partial charge in [-0.15, -0.1) is 0 Å². The van der Waals surface area contributed by atoms with Gasteiger partial charge in [-0.05, 0) is 13.0 Å². The fourth-order valence-corrected chi connectivity index (χ4v) is 2.67. The highest BCUT2D eigenvalue weighted by Gasteiger charge is 2.61. The van der Waals surface area contributed by atoms with E-state index in [2.05, 4.69) is 15.5 Å². The minimum Gasteiger partial charge on any atom is -0.394 e. The van der Waals surface area contributed by atoms with Crippen LogP contribution < -0.4 is 5.32 Å². The Kier molecular flexibility index (Phi) is 3.64. The van der Waals surface area contributed by atoms with Crippen LogP contribution in [0.3, 0.4) is 0 Å². The summed E-state index contributed by atoms with van der Waals surface area (Å²) in [5.74, 6) is -0.255. The van der Waals surface area contributed by atoms with E-state index < -0.39 is 5.54 Å². The van der Waals surface area contributed by atoms with Crippen LogP contribution in [0.4, 0.5) is 0 Å². The van der Waals surface area contributed by atoms with Crippen molar-refractivity contribution in [3.05, 3.63) is 18.0 Å². The topological polar surface area (TPSA) is 87.2 Å². The molecule has 0 saturated heterocycles. The van der Waals surface area contributed by atoms with Crippen LogP contribution in [0, 0.1) is 5.41 Å². The van der Waals surface area contributed by atoms with E-state index in [1.165, 1.54) is 6.20 Å². The van der Waals surface area contributed by atoms with E-state index in [1.807, 2.05) is 20.8 Å². The number of hydrogen-bond acceptors (Lipinski definition) is 4. The first-order chi connectivity index (χ1) is 8.97. The first-order valence-electron chi connectivity index (χ1n) is 6.51. The Morgan fingerprint density at radius 2 is 2.42 bits per heavy atom. The zero-order valence-corrected chi connectivity index (χ0v) is 11.6. The lowest BCUT2D eigenvalue weighted by atomic mass is 9.54. The lowest BCUT2D eigenvalue weighted by Gasteiger charge is -2.60. The number of aromatic nitrogens is 2. The second-order valence-electron chi connectivity index (χ2n) is 5.53. The highest BCUT2D eigenvalue weighted by molar-refractivity contribution is 5.92. The number of carbonyl (C=O) groups is 1. The van der Waals surface area contributed by atoms with Crippen LogP contribution in [0.2, 0.25) is 0 Å². The first kappa shape index (κ1) is 14.0. The van der Waals surface area contributed by atoms with E-state index in [1.54, 1.807) is 6.07 Å². The van der Waals surface area contributed by atoms with Gasteiger partial charge < -0.3 is 15.2 Å². The molecule has 106 valence electrons. The third kappa shape index (κ3) is 2.15. The number of carbonyl (C=O) groups excluding carboxylic acids is 1. The second kappa shape index (κ2) is 4.94. The van der Waals surface area contributed by atoms with Crippen molar-refractivity contribution >= 4 is 5.91 Å². The molecule has 19 heavy (non-hydrogen) atoms. The van der Waals surface area contributed by atoms with Gasteiger partial charge in [0.05, 0.1) is 18.2 Å². The summed E-state index contributed by atoms with van der Waals surface area (Å²) in [6, 6.07) is 1.60. The van der Waals surface area contributed by atoms with Gasteiger partial charge in [-0.2, -0.15) is 5.10 Å². The van der Waals surface area contributed by atoms with E-state index >= 15 is 0 Å². The number of ether oxygens (including phenoxy) is 1. The lowest BCUT2D eigenvalue weighted by Crippen LogP contribution is -2.74. The summed E-state index contributed by atoms with van der Waals surface area (Å²) in [5, 5.41) is 19.0. The maximum absolute atomic E-state index is 12.1. The fraction of sp³-hybridized carbons (Fsp3) is 0.692. The molecule has 1 saturated carbocycles. The van der Waals surface area contributed by atoms with Gasteiger partial charge in [-0.3, -0.25) is 9.89 Å². The number of H-pyrrole nitrogens is 1. The molecule has 0 aliphatic heterocycles. The Hall–Kier alpha value is -1.40. The van der Waals surface area contributed by atoms with Gasteiger partial charge in [0.2, 0.25) is 0 Å². The number of nitrogens with one attached hydrogen (secondary N) is 2. The van der Waals surface area contributed by atoms with Crippen molar-refractivity contribution in [1.29, 1.82) is 0 Å². The molecule has 2 atom stereocenters. The van der Waals surface area contributed by atoms with Crippen LogP contribution in [-0.4, -0.2) is 46.1 Å². The molecule has 2 rings (SSSR count). The molecule has 0 aromatic carbocycles. The van der Waals surface area contributed by atoms with Crippen molar-refractivity contribution in [3.8, 4) is 0 Å². The summed E-state index contributed by atoms with van der Waals surface area (Å²) in [4.78, 5) is 12.1. The van der Waals surface area contributed by atoms with Crippen LogP contribution in [0.15, 0.2) is 12.3 Å². The molecule has 1 heterocycles. The molecule has 0 spiro atoms. The van der Waals surface area contributed by atoms with Crippen LogP contribution in [-0.2, 0) is 4.74 Å². The predicted octanol–water partition coefficient (Wildman–Crippen LogP) is 0.706. The smallest absolute Gasteiger partial charge is 0.269 e. The molecule has 0 unspecified atom stereocenters. The first-order valence-corrected chi connectivity index (χ1v) is 6.51. The van der Waals surface area contributed by atoms with Gasteiger partial charge in [0.25, 0.3) is 5.91 Å². The standard InChI is InChI=1S/C13H21N3O3/c1-4-19-10-7-13(8-17,12(10,2)3)15-11(18)9-5-6-14-16-9/h5-6,10,17H,4,7-8H2,1-3H3,(H,14,16)(H,15,18)/t10-,13-/m1/s1. The maximum Gasteiger partial charge on any atom is 0.269 e. The molecule has 0 radical (unpaired) electrons. The highest BCUT2D eigenvalue weighted by atomic mass is 16.5. The summed E-state index contributed by atoms with van der Waals surface area (Å²) >= 11 is 0. The molecule has 6 nitrogen and oxygen atoms in total. The second-order valence-corrected chi connectivity index (χ2v) is 5.53. The summed E-state index contributed by atoms with van der Waals surface area (Å²) in [7, 11) is 0. The Labute approximate surface area is 112 Å². The van der Waals surface area contributed by atoms with E-state index in [-0.39, 0.29) is 24.0 Å². The van der Waals surface area contributed by atoms with Crippen molar-refractivity contribution in [2.45, 2.75) is 38.8 Å². The Balaban J connectivity index is 2.11. The number of aromatic amines is 1. The SMILES string of the molecule is CCO[C@@H]1C[C@](CO)(NC(=O)c2ccn[nH]2)C1(C)C. The molecule has 0 bridgehead atoms. The summed E-state index contributed by atoms with van der Waals surface area (Å²) < 4.78 is 5.64. The Morgan fingerprint density at radius 1 is 1.68 bits per heavy atom. The van der Waals surface area contributed by atoms with Crippen molar-refractivity contribution < 1.29 is 14.6 Å². The highest BCUT2D eigenvalue weighted by Crippen LogP contribution is 2.51. The number of nitrogens with zero attached hydrogens (tertiary/aromatic N) is 1. The van der Waals surface area contributed by atoms with Gasteiger partial charge >= 0.3 is 0 Å². The van der Waals surface area contributed by atoms with Crippen LogP contribution in [0.5, 0.6) is 0 Å². The fourth-order valence-electron chi connectivity index (χ4n) is 2.67. The van der Waals surface area contributed by atoms with Crippen LogP contribution in [0.1, 0.15) is 37.7 Å². The zero-order chi connectivity index (χ0) is 14.1. The Bertz CT molecular complexity index is 444. The van der Waals surface area contributed by atoms with Crippen molar-refractivity contribution in [3.63, 3.8) is 0 Å². The van der Waals surface area contributed by atoms with Crippen LogP contribution >= 0.6 is 0 Å². The van der Waals surface area contributed by atoms with E-state index in [9.17, 15) is 9.90 Å². The van der Waals surface area contributed by atoms with Gasteiger partial charge in [-0.25, -0.2) is 0 Å². The largest absolute Gasteiger partial charge is 0.394 e. The van der Waals surface area contributed by atoms with Gasteiger partial charge in [-0.1, -0.05) is 13.8 Å². The lowest BCUT2D eigenvalue weighted by molar-refractivity contribution is -0.172. The average Bonchev–Trinajstić information content (AvgIpc) is 2.90. The number of rotatable bonds is 5. The normalized spacial score (nSPS) is 28.7. The van der Waals surface area contributed by atoms with Crippen molar-refractivity contribution in [2.75, 3.05) is 13.2 Å². The third-order valence-corrected chi connectivity index (χ3v) is 4.31. The number of aliphatic hydroxyl groups is 1. The molecule has 1 aliphatic carbocycles. The minimum atomic E-state index is -0.644. The van der Waals surface area contributed by atoms with E-state index in [0.717, 1.165) is 0 Å². The van der Waals surface area contributed by atoms with Crippen molar-refractivity contribution in [2.24, 2.45) is 5.41 Å².